The fourth-order valence-electron chi connectivity index (χ4n) is 2.96. The van der Waals surface area contributed by atoms with Gasteiger partial charge in [-0.1, -0.05) is 24.3 Å². The molecule has 1 amide bonds. The average Bonchev–Trinajstić information content (AvgIpc) is 3.20. The van der Waals surface area contributed by atoms with E-state index in [1.54, 1.807) is 16.8 Å². The molecule has 2 aromatic heterocycles. The molecule has 0 bridgehead atoms. The first-order valence-electron chi connectivity index (χ1n) is 8.15. The van der Waals surface area contributed by atoms with E-state index in [4.69, 9.17) is 0 Å². The van der Waals surface area contributed by atoms with Crippen LogP contribution < -0.4 is 5.32 Å². The van der Waals surface area contributed by atoms with E-state index in [-0.39, 0.29) is 11.7 Å². The summed E-state index contributed by atoms with van der Waals surface area (Å²) in [5.74, 6) is -0.577. The predicted octanol–water partition coefficient (Wildman–Crippen LogP) is 5.10. The van der Waals surface area contributed by atoms with Gasteiger partial charge >= 0.3 is 0 Å². The molecule has 4 aromatic rings. The predicted molar refractivity (Wildman–Crippen MR) is 103 cm³/mol. The number of halogens is 1. The van der Waals surface area contributed by atoms with E-state index in [0.717, 1.165) is 21.8 Å². The first-order chi connectivity index (χ1) is 12.5. The van der Waals surface area contributed by atoms with Crippen LogP contribution in [0.3, 0.4) is 0 Å². The lowest BCUT2D eigenvalue weighted by Crippen LogP contribution is -2.11. The van der Waals surface area contributed by atoms with Crippen molar-refractivity contribution in [1.82, 2.24) is 9.78 Å². The number of hydrogen-bond donors (Lipinski definition) is 1. The van der Waals surface area contributed by atoms with Gasteiger partial charge < -0.3 is 5.32 Å². The molecule has 4 rings (SSSR count). The second-order valence-electron chi connectivity index (χ2n) is 6.01. The van der Waals surface area contributed by atoms with Crippen LogP contribution in [-0.2, 0) is 0 Å². The molecule has 130 valence electrons. The van der Waals surface area contributed by atoms with Crippen molar-refractivity contribution in [3.8, 4) is 5.69 Å². The van der Waals surface area contributed by atoms with Gasteiger partial charge in [-0.15, -0.1) is 11.3 Å². The number of para-hydroxylation sites is 1. The van der Waals surface area contributed by atoms with Gasteiger partial charge in [0.05, 0.1) is 27.6 Å². The number of benzene rings is 2. The van der Waals surface area contributed by atoms with Gasteiger partial charge in [0, 0.05) is 10.1 Å². The highest BCUT2D eigenvalue weighted by Crippen LogP contribution is 2.29. The fraction of sp³-hybridized carbons (Fsp3) is 0.100. The third-order valence-electron chi connectivity index (χ3n) is 4.26. The summed E-state index contributed by atoms with van der Waals surface area (Å²) in [6.07, 6.45) is 0. The molecular formula is C20H16FN3OS. The van der Waals surface area contributed by atoms with E-state index in [2.05, 4.69) is 10.4 Å². The van der Waals surface area contributed by atoms with Gasteiger partial charge in [-0.05, 0) is 44.2 Å². The Kier molecular flexibility index (Phi) is 4.05. The second kappa shape index (κ2) is 6.38. The highest BCUT2D eigenvalue weighted by Gasteiger charge is 2.18. The largest absolute Gasteiger partial charge is 0.318 e. The molecule has 0 aliphatic rings. The number of nitrogens with one attached hydrogen (secondary N) is 1. The Hall–Kier alpha value is -2.99. The topological polar surface area (TPSA) is 46.9 Å². The Labute approximate surface area is 153 Å². The van der Waals surface area contributed by atoms with Gasteiger partial charge in [0.15, 0.2) is 0 Å². The summed E-state index contributed by atoms with van der Waals surface area (Å²) < 4.78 is 16.4. The lowest BCUT2D eigenvalue weighted by molar-refractivity contribution is 0.103. The minimum absolute atomic E-state index is 0.260. The molecule has 26 heavy (non-hydrogen) atoms. The maximum atomic E-state index is 13.9. The Morgan fingerprint density at radius 3 is 2.62 bits per heavy atom. The number of aromatic nitrogens is 2. The number of carbonyl (C=O) groups excluding carboxylic acids is 1. The number of nitrogens with zero attached hydrogens (tertiary/aromatic N) is 2. The van der Waals surface area contributed by atoms with Gasteiger partial charge in [-0.3, -0.25) is 4.79 Å². The molecule has 6 heteroatoms. The van der Waals surface area contributed by atoms with E-state index in [0.29, 0.717) is 16.0 Å². The molecule has 4 nitrogen and oxygen atoms in total. The third kappa shape index (κ3) is 2.78. The number of rotatable bonds is 3. The number of hydrogen-bond acceptors (Lipinski definition) is 3. The smallest absolute Gasteiger partial charge is 0.265 e. The molecule has 0 saturated heterocycles. The number of fused-ring (bicyclic) bond motifs is 1. The normalized spacial score (nSPS) is 11.0. The number of aryl methyl sites for hydroxylation is 1. The van der Waals surface area contributed by atoms with Crippen LogP contribution in [0.5, 0.6) is 0 Å². The molecule has 0 atom stereocenters. The van der Waals surface area contributed by atoms with Crippen LogP contribution in [0.25, 0.3) is 15.8 Å². The van der Waals surface area contributed by atoms with Crippen LogP contribution in [0.1, 0.15) is 21.1 Å². The molecule has 0 saturated carbocycles. The summed E-state index contributed by atoms with van der Waals surface area (Å²) in [7, 11) is 0. The Morgan fingerprint density at radius 2 is 1.88 bits per heavy atom. The van der Waals surface area contributed by atoms with Crippen LogP contribution in [0.4, 0.5) is 10.1 Å². The zero-order chi connectivity index (χ0) is 18.3. The van der Waals surface area contributed by atoms with Crippen molar-refractivity contribution in [2.45, 2.75) is 13.8 Å². The zero-order valence-electron chi connectivity index (χ0n) is 14.3. The van der Waals surface area contributed by atoms with Crippen molar-refractivity contribution in [2.75, 3.05) is 5.32 Å². The van der Waals surface area contributed by atoms with E-state index in [1.807, 2.05) is 50.2 Å². The maximum absolute atomic E-state index is 13.9. The Balaban J connectivity index is 1.67. The fourth-order valence-corrected chi connectivity index (χ4v) is 3.93. The highest BCUT2D eigenvalue weighted by molar-refractivity contribution is 7.20. The Bertz CT molecular complexity index is 1120. The summed E-state index contributed by atoms with van der Waals surface area (Å²) in [5.41, 5.74) is 3.18. The summed E-state index contributed by atoms with van der Waals surface area (Å²) in [4.78, 5) is 13.2. The van der Waals surface area contributed by atoms with Gasteiger partial charge in [0.25, 0.3) is 5.91 Å². The quantitative estimate of drug-likeness (QED) is 0.549. The molecule has 0 fully saturated rings. The number of amides is 1. The minimum Gasteiger partial charge on any atom is -0.318 e. The number of anilines is 1. The van der Waals surface area contributed by atoms with Crippen LogP contribution >= 0.6 is 11.3 Å². The molecular weight excluding hydrogens is 349 g/mol. The van der Waals surface area contributed by atoms with Crippen molar-refractivity contribution in [2.24, 2.45) is 0 Å². The van der Waals surface area contributed by atoms with Crippen molar-refractivity contribution < 1.29 is 9.18 Å². The minimum atomic E-state index is -0.318. The van der Waals surface area contributed by atoms with Crippen molar-refractivity contribution in [1.29, 1.82) is 0 Å². The van der Waals surface area contributed by atoms with Gasteiger partial charge in [-0.2, -0.15) is 5.10 Å². The number of thiophene rings is 1. The number of carbonyl (C=O) groups is 1. The molecule has 1 N–H and O–H groups in total. The Morgan fingerprint density at radius 1 is 1.12 bits per heavy atom. The summed E-state index contributed by atoms with van der Waals surface area (Å²) in [6, 6.07) is 16.2. The summed E-state index contributed by atoms with van der Waals surface area (Å²) in [6.45, 7) is 3.76. The molecule has 0 unspecified atom stereocenters. The van der Waals surface area contributed by atoms with Crippen LogP contribution in [-0.4, -0.2) is 15.7 Å². The lowest BCUT2D eigenvalue weighted by Gasteiger charge is -2.06. The van der Waals surface area contributed by atoms with Gasteiger partial charge in [0.1, 0.15) is 5.82 Å². The van der Waals surface area contributed by atoms with Crippen LogP contribution in [0, 0.1) is 19.7 Å². The molecule has 0 spiro atoms. The standard InChI is InChI=1S/C20H16FN3OS/c1-12-19(13(2)24(23-12)14-7-4-3-5-8-14)22-20(25)18-11-15-16(21)9-6-10-17(15)26-18/h3-11H,1-2H3,(H,22,25). The molecule has 0 aliphatic heterocycles. The van der Waals surface area contributed by atoms with Crippen LogP contribution in [0.15, 0.2) is 54.6 Å². The molecule has 2 aromatic carbocycles. The van der Waals surface area contributed by atoms with E-state index >= 15 is 0 Å². The maximum Gasteiger partial charge on any atom is 0.265 e. The van der Waals surface area contributed by atoms with Crippen molar-refractivity contribution in [3.63, 3.8) is 0 Å². The molecule has 0 aliphatic carbocycles. The summed E-state index contributed by atoms with van der Waals surface area (Å²) >= 11 is 1.27. The first kappa shape index (κ1) is 16.5. The van der Waals surface area contributed by atoms with E-state index < -0.39 is 0 Å². The van der Waals surface area contributed by atoms with Crippen molar-refractivity contribution >= 4 is 33.0 Å². The first-order valence-corrected chi connectivity index (χ1v) is 8.97. The summed E-state index contributed by atoms with van der Waals surface area (Å²) in [5, 5.41) is 7.93. The van der Waals surface area contributed by atoms with Crippen LogP contribution in [0.2, 0.25) is 0 Å². The molecule has 0 radical (unpaired) electrons. The van der Waals surface area contributed by atoms with E-state index in [9.17, 15) is 9.18 Å². The lowest BCUT2D eigenvalue weighted by atomic mass is 10.2. The van der Waals surface area contributed by atoms with Gasteiger partial charge in [0.2, 0.25) is 0 Å². The molecule has 2 heterocycles. The third-order valence-corrected chi connectivity index (χ3v) is 5.36. The second-order valence-corrected chi connectivity index (χ2v) is 7.09. The average molecular weight is 365 g/mol. The highest BCUT2D eigenvalue weighted by atomic mass is 32.1. The van der Waals surface area contributed by atoms with Crippen molar-refractivity contribution in [3.05, 3.63) is 76.7 Å². The zero-order valence-corrected chi connectivity index (χ0v) is 15.1. The van der Waals surface area contributed by atoms with E-state index in [1.165, 1.54) is 17.4 Å². The van der Waals surface area contributed by atoms with Gasteiger partial charge in [-0.25, -0.2) is 9.07 Å². The monoisotopic (exact) mass is 365 g/mol. The SMILES string of the molecule is Cc1nn(-c2ccccc2)c(C)c1NC(=O)c1cc2c(F)cccc2s1.